The summed E-state index contributed by atoms with van der Waals surface area (Å²) in [4.78, 5) is 41.0. The van der Waals surface area contributed by atoms with Crippen LogP contribution in [-0.4, -0.2) is 47.0 Å². The summed E-state index contributed by atoms with van der Waals surface area (Å²) in [6, 6.07) is 10.0. The molecular weight excluding hydrogens is 549 g/mol. The van der Waals surface area contributed by atoms with Gasteiger partial charge in [0.2, 0.25) is 0 Å². The highest BCUT2D eigenvalue weighted by Gasteiger charge is 2.52. The first-order valence-corrected chi connectivity index (χ1v) is 15.6. The van der Waals surface area contributed by atoms with Gasteiger partial charge in [0.25, 0.3) is 0 Å². The van der Waals surface area contributed by atoms with Crippen LogP contribution in [0.15, 0.2) is 53.0 Å². The minimum absolute atomic E-state index is 0.0354. The summed E-state index contributed by atoms with van der Waals surface area (Å²) in [5.41, 5.74) is 4.94. The number of hydrogen-bond donors (Lipinski definition) is 1. The molecule has 41 heavy (non-hydrogen) atoms. The lowest BCUT2D eigenvalue weighted by atomic mass is 10.1. The third-order valence-electron chi connectivity index (χ3n) is 6.63. The van der Waals surface area contributed by atoms with Gasteiger partial charge in [-0.05, 0) is 50.0 Å². The maximum absolute atomic E-state index is 14.1. The number of para-hydroxylation sites is 1. The fraction of sp³-hybridized carbons (Fsp3) is 0.517. The molecular formula is C29H40N3O8P. The van der Waals surface area contributed by atoms with Gasteiger partial charge in [-0.15, -0.1) is 0 Å². The molecule has 1 heterocycles. The maximum atomic E-state index is 14.1. The largest absolute Gasteiger partial charge is 0.465 e. The van der Waals surface area contributed by atoms with E-state index >= 15 is 0 Å². The first-order chi connectivity index (χ1) is 19.5. The molecule has 1 aliphatic rings. The third kappa shape index (κ3) is 9.57. The van der Waals surface area contributed by atoms with Gasteiger partial charge in [0.15, 0.2) is 0 Å². The van der Waals surface area contributed by atoms with Gasteiger partial charge in [0.05, 0.1) is 30.2 Å². The molecule has 1 fully saturated rings. The number of aromatic nitrogens is 2. The quantitative estimate of drug-likeness (QED) is 0.208. The molecule has 0 bridgehead atoms. The number of nitrogen functional groups attached to an aromatic ring is 1. The molecule has 0 amide bonds. The summed E-state index contributed by atoms with van der Waals surface area (Å²) in [5.74, 6) is -1.21. The Morgan fingerprint density at radius 1 is 1.15 bits per heavy atom. The topological polar surface area (TPSA) is 149 Å². The zero-order chi connectivity index (χ0) is 30.0. The van der Waals surface area contributed by atoms with E-state index in [2.05, 4.69) is 4.98 Å². The lowest BCUT2D eigenvalue weighted by Crippen LogP contribution is -2.26. The lowest BCUT2D eigenvalue weighted by Gasteiger charge is -2.25. The molecule has 0 spiro atoms. The smallest absolute Gasteiger partial charge is 0.380 e. The molecule has 12 heteroatoms. The Kier molecular flexibility index (Phi) is 11.3. The van der Waals surface area contributed by atoms with Crippen molar-refractivity contribution in [3.8, 4) is 5.75 Å². The van der Waals surface area contributed by atoms with Gasteiger partial charge >= 0.3 is 25.2 Å². The fourth-order valence-corrected chi connectivity index (χ4v) is 6.13. The highest BCUT2D eigenvalue weighted by Crippen LogP contribution is 2.58. The number of hydrogen-bond acceptors (Lipinski definition) is 10. The Morgan fingerprint density at radius 3 is 2.54 bits per heavy atom. The summed E-state index contributed by atoms with van der Waals surface area (Å²) in [6.07, 6.45) is 5.47. The summed E-state index contributed by atoms with van der Waals surface area (Å²) in [5, 5.41) is 0. The summed E-state index contributed by atoms with van der Waals surface area (Å²) in [6.45, 7) is 7.14. The number of nitrogens with zero attached hydrogens (tertiary/aromatic N) is 2. The molecule has 11 nitrogen and oxygen atoms in total. The van der Waals surface area contributed by atoms with E-state index in [4.69, 9.17) is 24.3 Å². The Bertz CT molecular complexity index is 1330. The van der Waals surface area contributed by atoms with Crippen molar-refractivity contribution >= 4 is 31.6 Å². The van der Waals surface area contributed by atoms with Crippen LogP contribution in [0, 0.1) is 11.3 Å². The zero-order valence-corrected chi connectivity index (χ0v) is 25.0. The number of benzene rings is 1. The number of carbonyl (C=O) groups excluding carboxylic acids is 2. The number of rotatable bonds is 16. The first kappa shape index (κ1) is 32.1. The Morgan fingerprint density at radius 2 is 1.88 bits per heavy atom. The number of anilines is 1. The van der Waals surface area contributed by atoms with Crippen LogP contribution in [0.2, 0.25) is 0 Å². The molecule has 3 rings (SSSR count). The molecule has 1 aromatic carbocycles. The molecule has 2 N–H and O–H groups in total. The van der Waals surface area contributed by atoms with Crippen LogP contribution in [-0.2, 0) is 28.2 Å². The maximum Gasteiger partial charge on any atom is 0.380 e. The molecule has 0 saturated heterocycles. The number of nitrogens with two attached hydrogens (primary N) is 1. The van der Waals surface area contributed by atoms with Crippen molar-refractivity contribution in [3.05, 3.63) is 58.7 Å². The number of ether oxygens (including phenoxy) is 2. The lowest BCUT2D eigenvalue weighted by molar-refractivity contribution is -0.152. The Balaban J connectivity index is 1.83. The van der Waals surface area contributed by atoms with E-state index in [1.807, 2.05) is 20.8 Å². The highest BCUT2D eigenvalue weighted by atomic mass is 31.2. The summed E-state index contributed by atoms with van der Waals surface area (Å²) >= 11 is 0. The SMILES string of the molecule is CCCC(=O)OCC1(CO[P@@](=O)(C[C@@H](C)C(=O)O[C@@H](C)CCC)Oc2ccccc2)C/C1=C/n1ccc(N)nc1=O. The van der Waals surface area contributed by atoms with Gasteiger partial charge in [-0.25, -0.2) is 9.36 Å². The third-order valence-corrected chi connectivity index (χ3v) is 8.64. The van der Waals surface area contributed by atoms with Crippen molar-refractivity contribution in [2.24, 2.45) is 11.3 Å². The van der Waals surface area contributed by atoms with Crippen LogP contribution in [0.5, 0.6) is 5.75 Å². The second-order valence-electron chi connectivity index (χ2n) is 10.5. The van der Waals surface area contributed by atoms with Crippen molar-refractivity contribution in [1.82, 2.24) is 9.55 Å². The van der Waals surface area contributed by atoms with E-state index in [0.29, 0.717) is 25.0 Å². The standard InChI is InChI=1S/C29H40N3O8P/c1-5-10-22(4)39-27(34)21(3)18-41(36,40-24-12-8-7-9-13-24)38-20-29(19-37-26(33)11-6-2)16-23(29)17-32-15-14-25(30)31-28(32)35/h7-9,12-15,17,21-22H,5-6,10-11,16,18-20H2,1-4H3,(H2,30,31,35)/b23-17-/t21-,22+,29?,41+/m1/s1. The predicted molar refractivity (Wildman–Crippen MR) is 155 cm³/mol. The number of esters is 2. The molecule has 224 valence electrons. The van der Waals surface area contributed by atoms with E-state index in [0.717, 1.165) is 12.0 Å². The van der Waals surface area contributed by atoms with Crippen LogP contribution in [0.3, 0.4) is 0 Å². The Hall–Kier alpha value is -3.43. The highest BCUT2D eigenvalue weighted by molar-refractivity contribution is 7.54. The molecule has 1 unspecified atom stereocenters. The van der Waals surface area contributed by atoms with Crippen LogP contribution in [0.1, 0.15) is 59.8 Å². The fourth-order valence-electron chi connectivity index (χ4n) is 4.19. The van der Waals surface area contributed by atoms with Gasteiger partial charge in [-0.1, -0.05) is 45.4 Å². The molecule has 1 aliphatic carbocycles. The minimum atomic E-state index is -3.92. The van der Waals surface area contributed by atoms with Crippen LogP contribution >= 0.6 is 7.60 Å². The van der Waals surface area contributed by atoms with Gasteiger partial charge in [0.1, 0.15) is 18.2 Å². The van der Waals surface area contributed by atoms with Gasteiger partial charge in [0, 0.05) is 18.8 Å². The predicted octanol–water partition coefficient (Wildman–Crippen LogP) is 5.06. The van der Waals surface area contributed by atoms with E-state index in [1.165, 1.54) is 16.8 Å². The van der Waals surface area contributed by atoms with E-state index < -0.39 is 30.6 Å². The zero-order valence-electron chi connectivity index (χ0n) is 24.1. The Labute approximate surface area is 240 Å². The second-order valence-corrected chi connectivity index (χ2v) is 12.5. The van der Waals surface area contributed by atoms with Crippen molar-refractivity contribution in [2.45, 2.75) is 65.9 Å². The molecule has 4 atom stereocenters. The van der Waals surface area contributed by atoms with Gasteiger partial charge < -0.3 is 19.7 Å². The molecule has 0 radical (unpaired) electrons. The average molecular weight is 590 g/mol. The number of carbonyl (C=O) groups is 2. The van der Waals surface area contributed by atoms with E-state index in [-0.39, 0.29) is 43.7 Å². The van der Waals surface area contributed by atoms with Crippen molar-refractivity contribution in [2.75, 3.05) is 25.1 Å². The van der Waals surface area contributed by atoms with Crippen LogP contribution in [0.25, 0.3) is 6.20 Å². The van der Waals surface area contributed by atoms with Crippen molar-refractivity contribution in [3.63, 3.8) is 0 Å². The average Bonchev–Trinajstić information content (AvgIpc) is 3.61. The van der Waals surface area contributed by atoms with E-state index in [1.54, 1.807) is 43.5 Å². The van der Waals surface area contributed by atoms with Gasteiger partial charge in [-0.2, -0.15) is 4.98 Å². The molecule has 0 aliphatic heterocycles. The first-order valence-electron chi connectivity index (χ1n) is 13.9. The normalized spacial score (nSPS) is 20.0. The monoisotopic (exact) mass is 589 g/mol. The molecule has 2 aromatic rings. The molecule has 1 saturated carbocycles. The molecule has 1 aromatic heterocycles. The second kappa shape index (κ2) is 14.5. The summed E-state index contributed by atoms with van der Waals surface area (Å²) in [7, 11) is -3.92. The van der Waals surface area contributed by atoms with Gasteiger partial charge in [-0.3, -0.25) is 18.7 Å². The summed E-state index contributed by atoms with van der Waals surface area (Å²) < 4.78 is 38.3. The van der Waals surface area contributed by atoms with Crippen LogP contribution in [0.4, 0.5) is 5.82 Å². The van der Waals surface area contributed by atoms with Crippen LogP contribution < -0.4 is 15.9 Å². The van der Waals surface area contributed by atoms with Crippen molar-refractivity contribution < 1.29 is 32.7 Å². The van der Waals surface area contributed by atoms with E-state index in [9.17, 15) is 18.9 Å². The van der Waals surface area contributed by atoms with Crippen molar-refractivity contribution in [1.29, 1.82) is 0 Å². The minimum Gasteiger partial charge on any atom is -0.465 e.